The maximum atomic E-state index is 11.7. The number of rotatable bonds is 12. The molecule has 83 heavy (non-hydrogen) atoms. The molecule has 2 N–H and O–H groups in total. The minimum Gasteiger partial charge on any atom is -0.481 e. The van der Waals surface area contributed by atoms with E-state index < -0.39 is 11.9 Å². The molecule has 0 unspecified atom stereocenters. The summed E-state index contributed by atoms with van der Waals surface area (Å²) in [7, 11) is 0. The normalized spacial score (nSPS) is 11.7. The van der Waals surface area contributed by atoms with Crippen LogP contribution in [0.1, 0.15) is 11.1 Å². The van der Waals surface area contributed by atoms with Gasteiger partial charge in [0.05, 0.1) is 63.0 Å². The fourth-order valence-corrected chi connectivity index (χ4v) is 12.2. The molecule has 0 aliphatic rings. The minimum atomic E-state index is -0.880. The lowest BCUT2D eigenvalue weighted by atomic mass is 9.99. The van der Waals surface area contributed by atoms with Crippen LogP contribution < -0.4 is 0 Å². The number of benzene rings is 11. The van der Waals surface area contributed by atoms with Gasteiger partial charge in [-0.1, -0.05) is 194 Å². The first-order chi connectivity index (χ1) is 40.8. The SMILES string of the molecule is O=C(O)Cc1ccc(-c2ccc3c(c2)c2cc(-c4ccc(CC(=O)O)cc4)ccc2n3-c2c(-n3c4ccccc4c4ccccc43)cc(-c3nc(-c4ccccc4)nc(-c4ccccc4)n3)cc2-n2c3ccccc3c3ccccc32)cc1. The third-order valence-corrected chi connectivity index (χ3v) is 15.9. The lowest BCUT2D eigenvalue weighted by Gasteiger charge is -2.23. The van der Waals surface area contributed by atoms with Crippen molar-refractivity contribution >= 4 is 77.4 Å². The van der Waals surface area contributed by atoms with E-state index in [1.165, 1.54) is 0 Å². The summed E-state index contributed by atoms with van der Waals surface area (Å²) >= 11 is 0. The zero-order chi connectivity index (χ0) is 55.7. The van der Waals surface area contributed by atoms with Gasteiger partial charge in [-0.25, -0.2) is 15.0 Å². The molecule has 0 radical (unpaired) electrons. The third-order valence-electron chi connectivity index (χ3n) is 15.9. The summed E-state index contributed by atoms with van der Waals surface area (Å²) in [6.45, 7) is 0. The molecular formula is C73H48N6O4. The third kappa shape index (κ3) is 8.47. The van der Waals surface area contributed by atoms with Gasteiger partial charge >= 0.3 is 11.9 Å². The summed E-state index contributed by atoms with van der Waals surface area (Å²) in [4.78, 5) is 39.4. The van der Waals surface area contributed by atoms with Gasteiger partial charge in [-0.05, 0) is 94.0 Å². The number of carbonyl (C=O) groups is 2. The van der Waals surface area contributed by atoms with Crippen molar-refractivity contribution in [2.24, 2.45) is 0 Å². The molecule has 11 aromatic carbocycles. The van der Waals surface area contributed by atoms with Crippen LogP contribution in [0.5, 0.6) is 0 Å². The zero-order valence-electron chi connectivity index (χ0n) is 44.6. The van der Waals surface area contributed by atoms with Crippen molar-refractivity contribution in [3.05, 3.63) is 266 Å². The first kappa shape index (κ1) is 48.9. The summed E-state index contributed by atoms with van der Waals surface area (Å²) in [5, 5.41) is 25.7. The first-order valence-electron chi connectivity index (χ1n) is 27.5. The zero-order valence-corrected chi connectivity index (χ0v) is 44.6. The highest BCUT2D eigenvalue weighted by Crippen LogP contribution is 2.46. The number of para-hydroxylation sites is 4. The van der Waals surface area contributed by atoms with E-state index in [9.17, 15) is 19.8 Å². The number of carboxylic acid groups (broad SMARTS) is 2. The molecule has 0 bridgehead atoms. The minimum absolute atomic E-state index is 0.0656. The molecule has 0 aliphatic carbocycles. The van der Waals surface area contributed by atoms with Crippen LogP contribution in [0.25, 0.3) is 139 Å². The Hall–Kier alpha value is -11.2. The molecule has 10 nitrogen and oxygen atoms in total. The van der Waals surface area contributed by atoms with E-state index in [0.29, 0.717) is 17.5 Å². The van der Waals surface area contributed by atoms with Gasteiger partial charge in [-0.2, -0.15) is 0 Å². The van der Waals surface area contributed by atoms with E-state index in [4.69, 9.17) is 15.0 Å². The summed E-state index contributed by atoms with van der Waals surface area (Å²) in [6.07, 6.45) is -0.131. The number of aliphatic carboxylic acids is 2. The highest BCUT2D eigenvalue weighted by atomic mass is 16.4. The van der Waals surface area contributed by atoms with Crippen LogP contribution in [0, 0.1) is 0 Å². The second-order valence-electron chi connectivity index (χ2n) is 21.0. The van der Waals surface area contributed by atoms with Crippen molar-refractivity contribution in [3.63, 3.8) is 0 Å². The van der Waals surface area contributed by atoms with Crippen LogP contribution in [-0.4, -0.2) is 50.8 Å². The Balaban J connectivity index is 1.11. The van der Waals surface area contributed by atoms with Crippen LogP contribution in [-0.2, 0) is 22.4 Å². The molecular weight excluding hydrogens is 1020 g/mol. The van der Waals surface area contributed by atoms with Gasteiger partial charge in [0.1, 0.15) is 0 Å². The van der Waals surface area contributed by atoms with Gasteiger partial charge in [0.25, 0.3) is 0 Å². The van der Waals surface area contributed by atoms with Gasteiger partial charge in [0, 0.05) is 49.0 Å². The molecule has 0 fully saturated rings. The quantitative estimate of drug-likeness (QED) is 0.125. The number of aromatic nitrogens is 6. The van der Waals surface area contributed by atoms with Crippen molar-refractivity contribution in [2.45, 2.75) is 12.8 Å². The highest BCUT2D eigenvalue weighted by molar-refractivity contribution is 6.15. The largest absolute Gasteiger partial charge is 0.481 e. The second kappa shape index (κ2) is 19.8. The number of hydrogen-bond acceptors (Lipinski definition) is 5. The first-order valence-corrected chi connectivity index (χ1v) is 27.5. The fraction of sp³-hybridized carbons (Fsp3) is 0.0274. The molecule has 0 spiro atoms. The van der Waals surface area contributed by atoms with E-state index in [2.05, 4.69) is 159 Å². The molecule has 15 aromatic rings. The summed E-state index contributed by atoms with van der Waals surface area (Å²) in [6, 6.07) is 87.8. The van der Waals surface area contributed by atoms with E-state index >= 15 is 0 Å². The molecule has 4 aromatic heterocycles. The Morgan fingerprint density at radius 1 is 0.289 bits per heavy atom. The Labute approximate surface area is 475 Å². The monoisotopic (exact) mass is 1070 g/mol. The lowest BCUT2D eigenvalue weighted by molar-refractivity contribution is -0.137. The summed E-state index contributed by atoms with van der Waals surface area (Å²) in [5.41, 5.74) is 16.5. The Bertz CT molecular complexity index is 4670. The summed E-state index contributed by atoms with van der Waals surface area (Å²) < 4.78 is 7.22. The molecule has 15 rings (SSSR count). The fourth-order valence-electron chi connectivity index (χ4n) is 12.2. The molecule has 4 heterocycles. The van der Waals surface area contributed by atoms with Crippen molar-refractivity contribution in [1.82, 2.24) is 28.7 Å². The average Bonchev–Trinajstić information content (AvgIpc) is 3.01. The Morgan fingerprint density at radius 3 is 0.964 bits per heavy atom. The van der Waals surface area contributed by atoms with Crippen molar-refractivity contribution in [3.8, 4) is 73.5 Å². The molecule has 0 aliphatic heterocycles. The average molecular weight is 1070 g/mol. The molecule has 394 valence electrons. The maximum Gasteiger partial charge on any atom is 0.307 e. The van der Waals surface area contributed by atoms with Gasteiger partial charge in [0.2, 0.25) is 0 Å². The van der Waals surface area contributed by atoms with E-state index in [1.54, 1.807) is 0 Å². The standard InChI is InChI=1S/C73H48N6O4/c80-68(81)39-45-27-31-47(32-28-45)51-35-37-64-58(41-51)59-42-52(48-33-29-46(30-34-48)40-69(82)83)36-38-65(59)79(64)70-66(77-60-23-11-7-19-54(60)55-20-8-12-24-61(55)77)43-53(44-67(70)78-62-25-13-9-21-56(62)57-22-10-14-26-63(57)78)73-75-71(49-15-3-1-4-16-49)74-72(76-73)50-17-5-2-6-18-50/h1-38,41-44H,39-40H2,(H,80,81)(H,82,83). The van der Waals surface area contributed by atoms with Crippen LogP contribution in [0.15, 0.2) is 255 Å². The van der Waals surface area contributed by atoms with E-state index in [1.807, 2.05) is 109 Å². The second-order valence-corrected chi connectivity index (χ2v) is 21.0. The van der Waals surface area contributed by atoms with Crippen molar-refractivity contribution in [1.29, 1.82) is 0 Å². The molecule has 0 saturated heterocycles. The van der Waals surface area contributed by atoms with Gasteiger partial charge in [-0.3, -0.25) is 9.59 Å². The molecule has 0 amide bonds. The van der Waals surface area contributed by atoms with Crippen LogP contribution >= 0.6 is 0 Å². The molecule has 10 heteroatoms. The molecule has 0 saturated carbocycles. The van der Waals surface area contributed by atoms with Crippen LogP contribution in [0.3, 0.4) is 0 Å². The Morgan fingerprint density at radius 2 is 0.602 bits per heavy atom. The summed E-state index contributed by atoms with van der Waals surface area (Å²) in [5.74, 6) is -0.145. The van der Waals surface area contributed by atoms with E-state index in [-0.39, 0.29) is 12.8 Å². The van der Waals surface area contributed by atoms with Crippen LogP contribution in [0.2, 0.25) is 0 Å². The van der Waals surface area contributed by atoms with Crippen molar-refractivity contribution in [2.75, 3.05) is 0 Å². The number of hydrogen-bond donors (Lipinski definition) is 2. The smallest absolute Gasteiger partial charge is 0.307 e. The highest BCUT2D eigenvalue weighted by Gasteiger charge is 2.28. The maximum absolute atomic E-state index is 11.7. The topological polar surface area (TPSA) is 128 Å². The molecule has 0 atom stereocenters. The van der Waals surface area contributed by atoms with E-state index in [0.717, 1.165) is 133 Å². The predicted molar refractivity (Wildman–Crippen MR) is 333 cm³/mol. The van der Waals surface area contributed by atoms with Crippen LogP contribution in [0.4, 0.5) is 0 Å². The number of nitrogens with zero attached hydrogens (tertiary/aromatic N) is 6. The number of fused-ring (bicyclic) bond motifs is 9. The lowest BCUT2D eigenvalue weighted by Crippen LogP contribution is -2.10. The van der Waals surface area contributed by atoms with Gasteiger partial charge in [0.15, 0.2) is 17.5 Å². The Kier molecular flexibility index (Phi) is 11.7. The van der Waals surface area contributed by atoms with Gasteiger partial charge < -0.3 is 23.9 Å². The predicted octanol–water partition coefficient (Wildman–Crippen LogP) is 16.8. The van der Waals surface area contributed by atoms with Gasteiger partial charge in [-0.15, -0.1) is 0 Å². The van der Waals surface area contributed by atoms with Crippen molar-refractivity contribution < 1.29 is 19.8 Å². The number of carboxylic acids is 2.